The second-order valence-electron chi connectivity index (χ2n) is 6.70. The number of carbonyl (C=O) groups excluding carboxylic acids is 1. The van der Waals surface area contributed by atoms with Gasteiger partial charge in [0, 0.05) is 5.92 Å². The van der Waals surface area contributed by atoms with Crippen molar-refractivity contribution in [1.82, 2.24) is 0 Å². The first-order valence-corrected chi connectivity index (χ1v) is 6.54. The molecule has 0 aromatic heterocycles. The number of hydrogen-bond acceptors (Lipinski definition) is 1. The molecule has 0 spiro atoms. The predicted molar refractivity (Wildman–Crippen MR) is 67.2 cm³/mol. The summed E-state index contributed by atoms with van der Waals surface area (Å²) in [5.41, 5.74) is 1.90. The van der Waals surface area contributed by atoms with E-state index in [4.69, 9.17) is 0 Å². The standard InChI is InChI=1S/C15H24O/c1-11-6-7-13-14(2,3)8-5-9-15(13,4)12(11)10-16/h6,10,12-13H,5,7-9H2,1-4H3/t12-,13+,15-/m0/s1. The topological polar surface area (TPSA) is 17.1 Å². The molecule has 0 radical (unpaired) electrons. The maximum atomic E-state index is 11.4. The van der Waals surface area contributed by atoms with Crippen molar-refractivity contribution >= 4 is 6.29 Å². The van der Waals surface area contributed by atoms with Crippen molar-refractivity contribution in [2.75, 3.05) is 0 Å². The normalized spacial score (nSPS) is 42.1. The van der Waals surface area contributed by atoms with Crippen molar-refractivity contribution in [2.24, 2.45) is 22.7 Å². The Morgan fingerprint density at radius 1 is 1.31 bits per heavy atom. The summed E-state index contributed by atoms with van der Waals surface area (Å²) in [6.45, 7) is 9.23. The molecular formula is C15H24O. The third kappa shape index (κ3) is 1.56. The molecule has 0 heterocycles. The molecule has 1 saturated carbocycles. The number of aldehydes is 1. The van der Waals surface area contributed by atoms with Gasteiger partial charge in [0.1, 0.15) is 6.29 Å². The van der Waals surface area contributed by atoms with E-state index < -0.39 is 0 Å². The van der Waals surface area contributed by atoms with E-state index in [-0.39, 0.29) is 11.3 Å². The summed E-state index contributed by atoms with van der Waals surface area (Å²) < 4.78 is 0. The maximum absolute atomic E-state index is 11.4. The Hall–Kier alpha value is -0.590. The summed E-state index contributed by atoms with van der Waals surface area (Å²) >= 11 is 0. The summed E-state index contributed by atoms with van der Waals surface area (Å²) in [7, 11) is 0. The third-order valence-corrected chi connectivity index (χ3v) is 5.29. The lowest BCUT2D eigenvalue weighted by Crippen LogP contribution is -2.48. The van der Waals surface area contributed by atoms with Crippen LogP contribution in [0.1, 0.15) is 53.4 Å². The van der Waals surface area contributed by atoms with Gasteiger partial charge in [0.2, 0.25) is 0 Å². The Kier molecular flexibility index (Phi) is 2.76. The second kappa shape index (κ2) is 3.72. The highest BCUT2D eigenvalue weighted by atomic mass is 16.1. The highest BCUT2D eigenvalue weighted by Crippen LogP contribution is 2.58. The van der Waals surface area contributed by atoms with E-state index in [1.165, 1.54) is 37.5 Å². The van der Waals surface area contributed by atoms with E-state index in [0.717, 1.165) is 0 Å². The first-order valence-electron chi connectivity index (χ1n) is 6.54. The fourth-order valence-corrected chi connectivity index (χ4v) is 4.34. The smallest absolute Gasteiger partial charge is 0.127 e. The van der Waals surface area contributed by atoms with Crippen molar-refractivity contribution < 1.29 is 4.79 Å². The average Bonchev–Trinajstić information content (AvgIpc) is 2.15. The van der Waals surface area contributed by atoms with Crippen LogP contribution in [0.2, 0.25) is 0 Å². The predicted octanol–water partition coefficient (Wildman–Crippen LogP) is 3.98. The van der Waals surface area contributed by atoms with Gasteiger partial charge in [-0.15, -0.1) is 0 Å². The van der Waals surface area contributed by atoms with Gasteiger partial charge >= 0.3 is 0 Å². The molecular weight excluding hydrogens is 196 g/mol. The quantitative estimate of drug-likeness (QED) is 0.482. The van der Waals surface area contributed by atoms with Crippen LogP contribution < -0.4 is 0 Å². The van der Waals surface area contributed by atoms with Crippen molar-refractivity contribution in [3.8, 4) is 0 Å². The molecule has 16 heavy (non-hydrogen) atoms. The Balaban J connectivity index is 2.42. The van der Waals surface area contributed by atoms with Crippen molar-refractivity contribution in [3.63, 3.8) is 0 Å². The molecule has 0 unspecified atom stereocenters. The Morgan fingerprint density at radius 2 is 2.00 bits per heavy atom. The summed E-state index contributed by atoms with van der Waals surface area (Å²) in [5.74, 6) is 0.832. The zero-order valence-electron chi connectivity index (χ0n) is 11.0. The van der Waals surface area contributed by atoms with Crippen LogP contribution in [-0.4, -0.2) is 6.29 Å². The van der Waals surface area contributed by atoms with Gasteiger partial charge < -0.3 is 4.79 Å². The maximum Gasteiger partial charge on any atom is 0.127 e. The Bertz CT molecular complexity index is 326. The van der Waals surface area contributed by atoms with Gasteiger partial charge in [-0.05, 0) is 42.9 Å². The lowest BCUT2D eigenvalue weighted by molar-refractivity contribution is -0.119. The first kappa shape index (κ1) is 11.9. The zero-order valence-corrected chi connectivity index (χ0v) is 11.0. The van der Waals surface area contributed by atoms with Crippen LogP contribution in [0.15, 0.2) is 11.6 Å². The largest absolute Gasteiger partial charge is 0.303 e. The van der Waals surface area contributed by atoms with Crippen molar-refractivity contribution in [3.05, 3.63) is 11.6 Å². The van der Waals surface area contributed by atoms with E-state index in [1.807, 2.05) is 0 Å². The van der Waals surface area contributed by atoms with Gasteiger partial charge in [0.15, 0.2) is 0 Å². The van der Waals surface area contributed by atoms with E-state index >= 15 is 0 Å². The summed E-state index contributed by atoms with van der Waals surface area (Å²) in [4.78, 5) is 11.4. The minimum absolute atomic E-state index is 0.158. The zero-order chi connectivity index (χ0) is 12.0. The van der Waals surface area contributed by atoms with Gasteiger partial charge in [-0.2, -0.15) is 0 Å². The van der Waals surface area contributed by atoms with E-state index in [9.17, 15) is 4.79 Å². The van der Waals surface area contributed by atoms with Crippen LogP contribution in [0.4, 0.5) is 0 Å². The fourth-order valence-electron chi connectivity index (χ4n) is 4.34. The number of hydrogen-bond donors (Lipinski definition) is 0. The van der Waals surface area contributed by atoms with E-state index in [1.54, 1.807) is 0 Å². The highest BCUT2D eigenvalue weighted by molar-refractivity contribution is 5.61. The Labute approximate surface area is 99.3 Å². The first-order chi connectivity index (χ1) is 7.42. The molecule has 0 saturated heterocycles. The molecule has 1 nitrogen and oxygen atoms in total. The SMILES string of the molecule is CC1=CC[C@@H]2C(C)(C)CCC[C@@]2(C)[C@H]1C=O. The molecule has 1 heteroatoms. The summed E-state index contributed by atoms with van der Waals surface area (Å²) in [6, 6.07) is 0. The minimum Gasteiger partial charge on any atom is -0.303 e. The summed E-state index contributed by atoms with van der Waals surface area (Å²) in [6.07, 6.45) is 8.47. The van der Waals surface area contributed by atoms with Crippen LogP contribution in [0.3, 0.4) is 0 Å². The molecule has 0 N–H and O–H groups in total. The minimum atomic E-state index is 0.158. The number of rotatable bonds is 1. The molecule has 0 aromatic rings. The molecule has 0 amide bonds. The second-order valence-corrected chi connectivity index (χ2v) is 6.70. The number of carbonyl (C=O) groups is 1. The molecule has 1 fully saturated rings. The molecule has 3 atom stereocenters. The van der Waals surface area contributed by atoms with E-state index in [0.29, 0.717) is 11.3 Å². The van der Waals surface area contributed by atoms with Gasteiger partial charge in [-0.3, -0.25) is 0 Å². The van der Waals surface area contributed by atoms with Gasteiger partial charge in [-0.1, -0.05) is 38.8 Å². The number of fused-ring (bicyclic) bond motifs is 1. The van der Waals surface area contributed by atoms with Crippen molar-refractivity contribution in [1.29, 1.82) is 0 Å². The molecule has 2 aliphatic rings. The average molecular weight is 220 g/mol. The van der Waals surface area contributed by atoms with E-state index in [2.05, 4.69) is 33.8 Å². The lowest BCUT2D eigenvalue weighted by Gasteiger charge is -2.55. The van der Waals surface area contributed by atoms with Crippen LogP contribution in [0.25, 0.3) is 0 Å². The van der Waals surface area contributed by atoms with Gasteiger partial charge in [0.05, 0.1) is 0 Å². The molecule has 0 aliphatic heterocycles. The molecule has 2 rings (SSSR count). The van der Waals surface area contributed by atoms with Crippen LogP contribution in [0, 0.1) is 22.7 Å². The van der Waals surface area contributed by atoms with Gasteiger partial charge in [0.25, 0.3) is 0 Å². The molecule has 2 aliphatic carbocycles. The van der Waals surface area contributed by atoms with Crippen LogP contribution >= 0.6 is 0 Å². The highest BCUT2D eigenvalue weighted by Gasteiger charge is 2.51. The molecule has 0 bridgehead atoms. The van der Waals surface area contributed by atoms with Crippen molar-refractivity contribution in [2.45, 2.75) is 53.4 Å². The molecule has 0 aromatic carbocycles. The molecule has 90 valence electrons. The van der Waals surface area contributed by atoms with Crippen LogP contribution in [-0.2, 0) is 4.79 Å². The third-order valence-electron chi connectivity index (χ3n) is 5.29. The van der Waals surface area contributed by atoms with Crippen LogP contribution in [0.5, 0.6) is 0 Å². The number of allylic oxidation sites excluding steroid dienone is 2. The monoisotopic (exact) mass is 220 g/mol. The van der Waals surface area contributed by atoms with Gasteiger partial charge in [-0.25, -0.2) is 0 Å². The Morgan fingerprint density at radius 3 is 2.62 bits per heavy atom. The lowest BCUT2D eigenvalue weighted by atomic mass is 9.49. The fraction of sp³-hybridized carbons (Fsp3) is 0.800. The summed E-state index contributed by atoms with van der Waals surface area (Å²) in [5, 5.41) is 0.